The first-order valence-electron chi connectivity index (χ1n) is 10.6. The van der Waals surface area contributed by atoms with E-state index in [1.54, 1.807) is 4.90 Å². The minimum Gasteiger partial charge on any atom is -0.336 e. The summed E-state index contributed by atoms with van der Waals surface area (Å²) in [7, 11) is 4.11. The van der Waals surface area contributed by atoms with Crippen molar-refractivity contribution in [2.75, 3.05) is 27.2 Å². The van der Waals surface area contributed by atoms with Gasteiger partial charge in [0.2, 0.25) is 6.41 Å². The third-order valence-electron chi connectivity index (χ3n) is 4.24. The quantitative estimate of drug-likeness (QED) is 0.490. The normalized spacial score (nSPS) is 11.9. The van der Waals surface area contributed by atoms with Crippen LogP contribution in [0.3, 0.4) is 0 Å². The molecule has 0 N–H and O–H groups in total. The number of nitrogens with zero attached hydrogens (tertiary/aromatic N) is 4. The van der Waals surface area contributed by atoms with Crippen LogP contribution < -0.4 is 0 Å². The van der Waals surface area contributed by atoms with Gasteiger partial charge in [0.05, 0.1) is 12.7 Å². The number of hydrogen-bond donors (Lipinski definition) is 0. The van der Waals surface area contributed by atoms with E-state index in [9.17, 15) is 9.59 Å². The van der Waals surface area contributed by atoms with E-state index in [2.05, 4.69) is 43.1 Å². The Balaban J connectivity index is 0.000000441. The Bertz CT molecular complexity index is 788. The number of rotatable bonds is 5. The Hall–Kier alpha value is -2.44. The molecule has 6 nitrogen and oxygen atoms in total. The van der Waals surface area contributed by atoms with Crippen molar-refractivity contribution in [3.05, 3.63) is 64.7 Å². The van der Waals surface area contributed by atoms with Gasteiger partial charge in [0.1, 0.15) is 11.5 Å². The van der Waals surface area contributed by atoms with Crippen molar-refractivity contribution in [2.45, 2.75) is 47.2 Å². The largest absolute Gasteiger partial charge is 0.336 e. The zero-order chi connectivity index (χ0) is 23.6. The van der Waals surface area contributed by atoms with E-state index in [0.717, 1.165) is 36.5 Å². The van der Waals surface area contributed by atoms with E-state index in [1.165, 1.54) is 11.8 Å². The van der Waals surface area contributed by atoms with Gasteiger partial charge >= 0.3 is 0 Å². The molecule has 1 aliphatic rings. The van der Waals surface area contributed by atoms with Gasteiger partial charge in [0, 0.05) is 24.7 Å². The van der Waals surface area contributed by atoms with Crippen molar-refractivity contribution in [2.24, 2.45) is 0 Å². The molecule has 31 heavy (non-hydrogen) atoms. The zero-order valence-electron chi connectivity index (χ0n) is 19.7. The summed E-state index contributed by atoms with van der Waals surface area (Å²) in [5.41, 5.74) is 1.81. The third-order valence-corrected chi connectivity index (χ3v) is 4.61. The van der Waals surface area contributed by atoms with Gasteiger partial charge in [0.15, 0.2) is 6.29 Å². The fourth-order valence-corrected chi connectivity index (χ4v) is 2.86. The number of hydrogen-bond acceptors (Lipinski definition) is 4. The molecule has 0 spiro atoms. The van der Waals surface area contributed by atoms with E-state index in [0.29, 0.717) is 25.3 Å². The van der Waals surface area contributed by atoms with Gasteiger partial charge in [0.25, 0.3) is 0 Å². The number of carbonyl (C=O) groups excluding carboxylic acids is 2. The number of aromatic nitrogens is 2. The van der Waals surface area contributed by atoms with Crippen LogP contribution in [0.1, 0.15) is 49.6 Å². The van der Waals surface area contributed by atoms with Crippen molar-refractivity contribution in [1.82, 2.24) is 19.4 Å². The minimum absolute atomic E-state index is 0.497. The fourth-order valence-electron chi connectivity index (χ4n) is 2.59. The van der Waals surface area contributed by atoms with Crippen LogP contribution in [0, 0.1) is 0 Å². The van der Waals surface area contributed by atoms with Crippen LogP contribution in [0.2, 0.25) is 5.02 Å². The summed E-state index contributed by atoms with van der Waals surface area (Å²) in [4.78, 5) is 28.8. The molecule has 2 aromatic rings. The molecule has 0 saturated heterocycles. The molecule has 3 rings (SSSR count). The maximum atomic E-state index is 10.5. The van der Waals surface area contributed by atoms with E-state index in [1.807, 2.05) is 49.6 Å². The molecule has 2 heterocycles. The number of aryl methyl sites for hydroxylation is 1. The van der Waals surface area contributed by atoms with Crippen molar-refractivity contribution in [3.63, 3.8) is 0 Å². The number of imidazole rings is 1. The molecule has 1 aromatic carbocycles. The SMILES string of the molecule is C/C=C/CN(C)C.CC.CCc1ccccc1Cl.O=Cc1cnc2n1CCN(C=O)C2. The lowest BCUT2D eigenvalue weighted by Gasteiger charge is -2.24. The number of aldehydes is 1. The van der Waals surface area contributed by atoms with Gasteiger partial charge in [-0.15, -0.1) is 0 Å². The number of fused-ring (bicyclic) bond motifs is 1. The van der Waals surface area contributed by atoms with Crippen LogP contribution >= 0.6 is 11.6 Å². The van der Waals surface area contributed by atoms with Crippen molar-refractivity contribution < 1.29 is 9.59 Å². The summed E-state index contributed by atoms with van der Waals surface area (Å²) in [5.74, 6) is 0.778. The highest BCUT2D eigenvalue weighted by Gasteiger charge is 2.17. The number of carbonyl (C=O) groups is 2. The van der Waals surface area contributed by atoms with Gasteiger partial charge in [-0.05, 0) is 39.1 Å². The van der Waals surface area contributed by atoms with Gasteiger partial charge in [-0.25, -0.2) is 4.98 Å². The molecule has 0 aliphatic carbocycles. The molecule has 1 amide bonds. The molecule has 1 aliphatic heterocycles. The van der Waals surface area contributed by atoms with E-state index < -0.39 is 0 Å². The first-order chi connectivity index (χ1) is 15.0. The topological polar surface area (TPSA) is 58.4 Å². The number of halogens is 1. The third kappa shape index (κ3) is 10.9. The number of likely N-dealkylation sites (N-methyl/N-ethyl adjacent to an activating group) is 1. The summed E-state index contributed by atoms with van der Waals surface area (Å²) >= 11 is 5.82. The predicted molar refractivity (Wildman–Crippen MR) is 130 cm³/mol. The number of benzene rings is 1. The van der Waals surface area contributed by atoms with E-state index >= 15 is 0 Å². The maximum Gasteiger partial charge on any atom is 0.210 e. The molecule has 0 atom stereocenters. The second kappa shape index (κ2) is 17.3. The molecular weight excluding hydrogens is 412 g/mol. The highest BCUT2D eigenvalue weighted by Crippen LogP contribution is 2.14. The van der Waals surface area contributed by atoms with Crippen LogP contribution in [0.25, 0.3) is 0 Å². The highest BCUT2D eigenvalue weighted by molar-refractivity contribution is 6.31. The molecule has 7 heteroatoms. The Kier molecular flexibility index (Phi) is 15.9. The lowest BCUT2D eigenvalue weighted by atomic mass is 10.2. The molecule has 0 unspecified atom stereocenters. The maximum absolute atomic E-state index is 10.5. The molecule has 172 valence electrons. The first kappa shape index (κ1) is 28.6. The second-order valence-electron chi connectivity index (χ2n) is 6.72. The Morgan fingerprint density at radius 2 is 1.84 bits per heavy atom. The Labute approximate surface area is 192 Å². The van der Waals surface area contributed by atoms with Crippen molar-refractivity contribution >= 4 is 24.3 Å². The van der Waals surface area contributed by atoms with Crippen molar-refractivity contribution in [3.8, 4) is 0 Å². The zero-order valence-corrected chi connectivity index (χ0v) is 20.5. The fraction of sp³-hybridized carbons (Fsp3) is 0.458. The number of allylic oxidation sites excluding steroid dienone is 1. The Morgan fingerprint density at radius 1 is 1.16 bits per heavy atom. The molecule has 1 aromatic heterocycles. The highest BCUT2D eigenvalue weighted by atomic mass is 35.5. The van der Waals surface area contributed by atoms with Crippen LogP contribution in [0.5, 0.6) is 0 Å². The minimum atomic E-state index is 0.497. The first-order valence-corrected chi connectivity index (χ1v) is 11.0. The summed E-state index contributed by atoms with van der Waals surface area (Å²) in [6, 6.07) is 7.91. The number of amides is 1. The Morgan fingerprint density at radius 3 is 2.29 bits per heavy atom. The van der Waals surface area contributed by atoms with Gasteiger partial charge in [-0.2, -0.15) is 0 Å². The van der Waals surface area contributed by atoms with Gasteiger partial charge in [-0.3, -0.25) is 9.59 Å². The van der Waals surface area contributed by atoms with E-state index in [4.69, 9.17) is 11.6 Å². The van der Waals surface area contributed by atoms with E-state index in [-0.39, 0.29) is 0 Å². The predicted octanol–water partition coefficient (Wildman–Crippen LogP) is 4.72. The van der Waals surface area contributed by atoms with Gasteiger partial charge in [-0.1, -0.05) is 62.7 Å². The monoisotopic (exact) mass is 448 g/mol. The lowest BCUT2D eigenvalue weighted by molar-refractivity contribution is -0.119. The molecule has 0 saturated carbocycles. The molecule has 0 radical (unpaired) electrons. The van der Waals surface area contributed by atoms with Crippen LogP contribution in [0.4, 0.5) is 0 Å². The summed E-state index contributed by atoms with van der Waals surface area (Å²) in [6.07, 6.45) is 8.32. The van der Waals surface area contributed by atoms with Crippen molar-refractivity contribution in [1.29, 1.82) is 0 Å². The van der Waals surface area contributed by atoms with Gasteiger partial charge < -0.3 is 14.4 Å². The summed E-state index contributed by atoms with van der Waals surface area (Å²) in [5, 5.41) is 0.875. The smallest absolute Gasteiger partial charge is 0.210 e. The molecular formula is C24H37ClN4O2. The standard InChI is InChI=1S/C8H9Cl.C8H9N3O2.C6H13N.C2H6/c1-2-7-5-3-4-6-8(7)9;12-5-7-3-9-8-4-10(6-13)1-2-11(7)8;1-4-5-6-7(2)3;1-2/h3-6H,2H2,1H3;3,5-6H,1-2,4H2;4-5H,6H2,1-3H3;1-2H3/b;;5-4+;. The lowest BCUT2D eigenvalue weighted by Crippen LogP contribution is -2.33. The molecule has 0 bridgehead atoms. The average Bonchev–Trinajstić information content (AvgIpc) is 3.22. The average molecular weight is 449 g/mol. The summed E-state index contributed by atoms with van der Waals surface area (Å²) in [6.45, 7) is 11.0. The summed E-state index contributed by atoms with van der Waals surface area (Å²) < 4.78 is 1.84. The van der Waals surface area contributed by atoms with Crippen LogP contribution in [-0.2, 0) is 24.3 Å². The second-order valence-corrected chi connectivity index (χ2v) is 7.13. The van der Waals surface area contributed by atoms with Crippen LogP contribution in [0.15, 0.2) is 42.6 Å². The molecule has 0 fully saturated rings. The van der Waals surface area contributed by atoms with Crippen LogP contribution in [-0.4, -0.2) is 59.2 Å².